The van der Waals surface area contributed by atoms with E-state index >= 15 is 0 Å². The van der Waals surface area contributed by atoms with Gasteiger partial charge in [0.25, 0.3) is 5.56 Å². The lowest BCUT2D eigenvalue weighted by Gasteiger charge is -2.04. The summed E-state index contributed by atoms with van der Waals surface area (Å²) in [6, 6.07) is 5.15. The minimum atomic E-state index is 0.0302. The molecule has 0 N–H and O–H groups in total. The first-order valence-corrected chi connectivity index (χ1v) is 4.58. The van der Waals surface area contributed by atoms with Crippen LogP contribution in [0.3, 0.4) is 0 Å². The zero-order chi connectivity index (χ0) is 9.52. The van der Waals surface area contributed by atoms with Gasteiger partial charge in [-0.15, -0.1) is 0 Å². The van der Waals surface area contributed by atoms with E-state index in [4.69, 9.17) is 4.74 Å². The van der Waals surface area contributed by atoms with E-state index in [9.17, 15) is 4.79 Å². The summed E-state index contributed by atoms with van der Waals surface area (Å²) in [6.45, 7) is 4.08. The van der Waals surface area contributed by atoms with Gasteiger partial charge >= 0.3 is 0 Å². The van der Waals surface area contributed by atoms with Gasteiger partial charge in [0.15, 0.2) is 0 Å². The first-order chi connectivity index (χ1) is 6.34. The lowest BCUT2D eigenvalue weighted by molar-refractivity contribution is 0.126. The Bertz CT molecular complexity index is 293. The van der Waals surface area contributed by atoms with Gasteiger partial charge in [-0.3, -0.25) is 4.79 Å². The SMILES string of the molecule is CCCOCCn1ccccc1=O. The van der Waals surface area contributed by atoms with Gasteiger partial charge in [-0.25, -0.2) is 0 Å². The van der Waals surface area contributed by atoms with Gasteiger partial charge in [-0.05, 0) is 12.5 Å². The van der Waals surface area contributed by atoms with Crippen molar-refractivity contribution in [2.45, 2.75) is 19.9 Å². The molecule has 0 aliphatic heterocycles. The Balaban J connectivity index is 2.37. The fraction of sp³-hybridized carbons (Fsp3) is 0.500. The van der Waals surface area contributed by atoms with Crippen molar-refractivity contribution < 1.29 is 4.74 Å². The second-order valence-electron chi connectivity index (χ2n) is 2.84. The summed E-state index contributed by atoms with van der Waals surface area (Å²) >= 11 is 0. The molecule has 0 aliphatic carbocycles. The van der Waals surface area contributed by atoms with Crippen LogP contribution in [0.5, 0.6) is 0 Å². The number of pyridine rings is 1. The Morgan fingerprint density at radius 1 is 1.38 bits per heavy atom. The number of hydrogen-bond acceptors (Lipinski definition) is 2. The minimum absolute atomic E-state index is 0.0302. The zero-order valence-corrected chi connectivity index (χ0v) is 7.90. The average Bonchev–Trinajstić information content (AvgIpc) is 2.15. The molecule has 0 saturated heterocycles. The van der Waals surface area contributed by atoms with Gasteiger partial charge in [-0.1, -0.05) is 13.0 Å². The molecule has 0 radical (unpaired) electrons. The van der Waals surface area contributed by atoms with Crippen molar-refractivity contribution in [3.05, 3.63) is 34.7 Å². The van der Waals surface area contributed by atoms with Crippen LogP contribution in [0.15, 0.2) is 29.2 Å². The normalized spacial score (nSPS) is 10.2. The smallest absolute Gasteiger partial charge is 0.250 e. The maximum atomic E-state index is 11.2. The predicted octanol–water partition coefficient (Wildman–Crippen LogP) is 1.27. The third kappa shape index (κ3) is 3.42. The van der Waals surface area contributed by atoms with Crippen molar-refractivity contribution in [1.29, 1.82) is 0 Å². The maximum absolute atomic E-state index is 11.2. The Labute approximate surface area is 78.0 Å². The van der Waals surface area contributed by atoms with Crippen molar-refractivity contribution in [3.8, 4) is 0 Å². The average molecular weight is 181 g/mol. The largest absolute Gasteiger partial charge is 0.380 e. The van der Waals surface area contributed by atoms with Crippen molar-refractivity contribution in [1.82, 2.24) is 4.57 Å². The Morgan fingerprint density at radius 3 is 2.92 bits per heavy atom. The standard InChI is InChI=1S/C10H15NO2/c1-2-8-13-9-7-11-6-4-3-5-10(11)12/h3-6H,2,7-9H2,1H3. The molecule has 0 unspecified atom stereocenters. The molecule has 3 nitrogen and oxygen atoms in total. The van der Waals surface area contributed by atoms with Crippen LogP contribution in [0.25, 0.3) is 0 Å². The summed E-state index contributed by atoms with van der Waals surface area (Å²) < 4.78 is 6.93. The van der Waals surface area contributed by atoms with Crippen LogP contribution < -0.4 is 5.56 Å². The molecule has 1 heterocycles. The summed E-state index contributed by atoms with van der Waals surface area (Å²) in [5.41, 5.74) is 0.0302. The van der Waals surface area contributed by atoms with E-state index in [2.05, 4.69) is 6.92 Å². The van der Waals surface area contributed by atoms with Gasteiger partial charge in [0.2, 0.25) is 0 Å². The van der Waals surface area contributed by atoms with Gasteiger partial charge in [-0.2, -0.15) is 0 Å². The van der Waals surface area contributed by atoms with Gasteiger partial charge in [0.1, 0.15) is 0 Å². The topological polar surface area (TPSA) is 31.2 Å². The second-order valence-corrected chi connectivity index (χ2v) is 2.84. The highest BCUT2D eigenvalue weighted by atomic mass is 16.5. The maximum Gasteiger partial charge on any atom is 0.250 e. The van der Waals surface area contributed by atoms with E-state index in [0.29, 0.717) is 13.2 Å². The fourth-order valence-electron chi connectivity index (χ4n) is 1.05. The zero-order valence-electron chi connectivity index (χ0n) is 7.90. The third-order valence-corrected chi connectivity index (χ3v) is 1.72. The second kappa shape index (κ2) is 5.54. The summed E-state index contributed by atoms with van der Waals surface area (Å²) in [7, 11) is 0. The van der Waals surface area contributed by atoms with E-state index in [0.717, 1.165) is 13.0 Å². The monoisotopic (exact) mass is 181 g/mol. The first-order valence-electron chi connectivity index (χ1n) is 4.58. The minimum Gasteiger partial charge on any atom is -0.380 e. The highest BCUT2D eigenvalue weighted by molar-refractivity contribution is 4.92. The van der Waals surface area contributed by atoms with Crippen LogP contribution >= 0.6 is 0 Å². The quantitative estimate of drug-likeness (QED) is 0.641. The molecular formula is C10H15NO2. The predicted molar refractivity (Wildman–Crippen MR) is 51.8 cm³/mol. The molecule has 1 aromatic rings. The molecule has 0 saturated carbocycles. The lowest BCUT2D eigenvalue weighted by atomic mass is 10.4. The Kier molecular flexibility index (Phi) is 4.26. The van der Waals surface area contributed by atoms with E-state index < -0.39 is 0 Å². The number of nitrogens with zero attached hydrogens (tertiary/aromatic N) is 1. The van der Waals surface area contributed by atoms with E-state index in [-0.39, 0.29) is 5.56 Å². The Morgan fingerprint density at radius 2 is 2.23 bits per heavy atom. The van der Waals surface area contributed by atoms with Crippen LogP contribution in [0, 0.1) is 0 Å². The molecule has 0 bridgehead atoms. The molecule has 0 fully saturated rings. The first kappa shape index (κ1) is 9.99. The molecule has 1 rings (SSSR count). The number of ether oxygens (including phenoxy) is 1. The summed E-state index contributed by atoms with van der Waals surface area (Å²) in [5.74, 6) is 0. The lowest BCUT2D eigenvalue weighted by Crippen LogP contribution is -2.20. The third-order valence-electron chi connectivity index (χ3n) is 1.72. The van der Waals surface area contributed by atoms with Crippen LogP contribution in [0.2, 0.25) is 0 Å². The molecule has 0 amide bonds. The summed E-state index contributed by atoms with van der Waals surface area (Å²) in [6.07, 6.45) is 2.79. The van der Waals surface area contributed by atoms with E-state index in [1.54, 1.807) is 22.9 Å². The van der Waals surface area contributed by atoms with Crippen molar-refractivity contribution in [3.63, 3.8) is 0 Å². The fourth-order valence-corrected chi connectivity index (χ4v) is 1.05. The van der Waals surface area contributed by atoms with Crippen molar-refractivity contribution in [2.75, 3.05) is 13.2 Å². The highest BCUT2D eigenvalue weighted by Crippen LogP contribution is 1.85. The summed E-state index contributed by atoms with van der Waals surface area (Å²) in [5, 5.41) is 0. The van der Waals surface area contributed by atoms with Gasteiger partial charge in [0, 0.05) is 25.4 Å². The van der Waals surface area contributed by atoms with Gasteiger partial charge < -0.3 is 9.30 Å². The van der Waals surface area contributed by atoms with E-state index in [1.807, 2.05) is 6.07 Å². The molecule has 13 heavy (non-hydrogen) atoms. The molecule has 0 aromatic carbocycles. The Hall–Kier alpha value is -1.09. The molecule has 0 spiro atoms. The molecular weight excluding hydrogens is 166 g/mol. The van der Waals surface area contributed by atoms with Crippen molar-refractivity contribution in [2.24, 2.45) is 0 Å². The molecule has 72 valence electrons. The molecule has 1 aromatic heterocycles. The van der Waals surface area contributed by atoms with Crippen LogP contribution in [0.1, 0.15) is 13.3 Å². The molecule has 3 heteroatoms. The summed E-state index contributed by atoms with van der Waals surface area (Å²) in [4.78, 5) is 11.2. The van der Waals surface area contributed by atoms with Gasteiger partial charge in [0.05, 0.1) is 6.61 Å². The van der Waals surface area contributed by atoms with Crippen LogP contribution in [-0.2, 0) is 11.3 Å². The molecule has 0 atom stereocenters. The number of aromatic nitrogens is 1. The van der Waals surface area contributed by atoms with Crippen molar-refractivity contribution >= 4 is 0 Å². The highest BCUT2D eigenvalue weighted by Gasteiger charge is 1.92. The van der Waals surface area contributed by atoms with E-state index in [1.165, 1.54) is 0 Å². The van der Waals surface area contributed by atoms with Crippen LogP contribution in [-0.4, -0.2) is 17.8 Å². The molecule has 0 aliphatic rings. The number of rotatable bonds is 5. The number of hydrogen-bond donors (Lipinski definition) is 0. The van der Waals surface area contributed by atoms with Crippen LogP contribution in [0.4, 0.5) is 0 Å².